The average Bonchev–Trinajstić information content (AvgIpc) is 3.20. The van der Waals surface area contributed by atoms with Crippen molar-refractivity contribution in [3.63, 3.8) is 0 Å². The number of likely N-dealkylation sites (N-methyl/N-ethyl adjacent to an activating group) is 1. The molecule has 2 spiro atoms. The maximum absolute atomic E-state index is 12.4. The van der Waals surface area contributed by atoms with Gasteiger partial charge in [-0.3, -0.25) is 0 Å². The number of hydrogen-bond donors (Lipinski definition) is 3. The van der Waals surface area contributed by atoms with E-state index in [2.05, 4.69) is 30.2 Å². The highest BCUT2D eigenvalue weighted by atomic mass is 16.5. The van der Waals surface area contributed by atoms with Crippen molar-refractivity contribution in [1.82, 2.24) is 4.90 Å². The maximum Gasteiger partial charge on any atom is 0.165 e. The Morgan fingerprint density at radius 3 is 2.74 bits per heavy atom. The SMILES string of the molecule is CN1CC[C@@]23c4c5ccc(O)c4O[C@@H]2[C@@]2(O)C=CC3(C[C@@H]2[C@@](C)(O)CCc2ccccc2)[C@H]1C5. The van der Waals surface area contributed by atoms with Gasteiger partial charge in [-0.2, -0.15) is 0 Å². The molecular weight excluding hydrogens is 426 g/mol. The van der Waals surface area contributed by atoms with E-state index in [4.69, 9.17) is 4.74 Å². The fourth-order valence-corrected chi connectivity index (χ4v) is 8.69. The lowest BCUT2D eigenvalue weighted by molar-refractivity contribution is -0.238. The first kappa shape index (κ1) is 21.0. The number of ether oxygens (including phenoxy) is 1. The number of piperidine rings is 1. The summed E-state index contributed by atoms with van der Waals surface area (Å²) < 4.78 is 6.58. The fraction of sp³-hybridized carbons (Fsp3) is 0.517. The van der Waals surface area contributed by atoms with E-state index in [0.717, 1.165) is 31.4 Å². The lowest BCUT2D eigenvalue weighted by Gasteiger charge is -2.71. The molecule has 5 nitrogen and oxygen atoms in total. The molecule has 4 aliphatic carbocycles. The zero-order valence-electron chi connectivity index (χ0n) is 19.9. The number of phenolic OH excluding ortho intramolecular Hbond substituents is 1. The van der Waals surface area contributed by atoms with Crippen molar-refractivity contribution in [1.29, 1.82) is 0 Å². The molecule has 2 heterocycles. The summed E-state index contributed by atoms with van der Waals surface area (Å²) in [5.74, 6) is 0.353. The van der Waals surface area contributed by atoms with Gasteiger partial charge in [-0.25, -0.2) is 0 Å². The Morgan fingerprint density at radius 1 is 1.15 bits per heavy atom. The molecular formula is C29H33NO4. The second kappa shape index (κ2) is 6.45. The van der Waals surface area contributed by atoms with Gasteiger partial charge in [-0.1, -0.05) is 48.6 Å². The number of aliphatic hydroxyl groups is 2. The van der Waals surface area contributed by atoms with E-state index in [1.54, 1.807) is 6.07 Å². The Kier molecular flexibility index (Phi) is 3.98. The number of aryl methyl sites for hydroxylation is 1. The van der Waals surface area contributed by atoms with Crippen molar-refractivity contribution < 1.29 is 20.1 Å². The third-order valence-electron chi connectivity index (χ3n) is 10.3. The molecule has 34 heavy (non-hydrogen) atoms. The third-order valence-corrected chi connectivity index (χ3v) is 10.3. The molecule has 6 aliphatic rings. The summed E-state index contributed by atoms with van der Waals surface area (Å²) in [4.78, 5) is 2.46. The van der Waals surface area contributed by atoms with E-state index in [0.29, 0.717) is 18.6 Å². The average molecular weight is 460 g/mol. The molecule has 1 unspecified atom stereocenters. The lowest BCUT2D eigenvalue weighted by Crippen LogP contribution is -2.80. The van der Waals surface area contributed by atoms with Gasteiger partial charge in [0.25, 0.3) is 0 Å². The third kappa shape index (κ3) is 2.27. The zero-order chi connectivity index (χ0) is 23.5. The molecule has 7 atom stereocenters. The molecule has 2 aromatic carbocycles. The second-order valence-electron chi connectivity index (χ2n) is 11.7. The molecule has 178 valence electrons. The van der Waals surface area contributed by atoms with E-state index in [1.807, 2.05) is 37.3 Å². The largest absolute Gasteiger partial charge is 0.504 e. The van der Waals surface area contributed by atoms with Gasteiger partial charge in [0.1, 0.15) is 11.7 Å². The van der Waals surface area contributed by atoms with Gasteiger partial charge >= 0.3 is 0 Å². The Labute approximate surface area is 200 Å². The first-order valence-corrected chi connectivity index (χ1v) is 12.6. The molecule has 0 amide bonds. The van der Waals surface area contributed by atoms with Crippen LogP contribution in [-0.4, -0.2) is 57.2 Å². The standard InChI is InChI=1S/C29H33NO4/c1-26(32,11-10-18-6-4-3-5-7-18)21-17-27-12-13-29(21,33)25-28(27)14-15-30(2)22(27)16-19-8-9-20(31)24(34-25)23(19)28/h3-9,12-13,21-22,25,31-33H,10-11,14-17H2,1-2H3/t21-,22-,25+,26+,27?,28-,29-/m1/s1. The Hall–Kier alpha value is -2.34. The van der Waals surface area contributed by atoms with Gasteiger partial charge in [0.2, 0.25) is 0 Å². The van der Waals surface area contributed by atoms with Gasteiger partial charge in [0, 0.05) is 22.9 Å². The number of likely N-dealkylation sites (tertiary alicyclic amines) is 1. The topological polar surface area (TPSA) is 73.2 Å². The van der Waals surface area contributed by atoms with Crippen LogP contribution in [0.4, 0.5) is 0 Å². The molecule has 3 N–H and O–H groups in total. The minimum Gasteiger partial charge on any atom is -0.504 e. The molecule has 2 fully saturated rings. The lowest BCUT2D eigenvalue weighted by atomic mass is 9.36. The Bertz CT molecular complexity index is 1210. The van der Waals surface area contributed by atoms with Crippen LogP contribution in [0.5, 0.6) is 11.5 Å². The summed E-state index contributed by atoms with van der Waals surface area (Å²) in [7, 11) is 2.20. The van der Waals surface area contributed by atoms with Gasteiger partial charge in [-0.05, 0) is 69.8 Å². The summed E-state index contributed by atoms with van der Waals surface area (Å²) in [6.45, 7) is 2.82. The molecule has 2 aromatic rings. The molecule has 4 bridgehead atoms. The molecule has 5 heteroatoms. The fourth-order valence-electron chi connectivity index (χ4n) is 8.69. The number of benzene rings is 2. The second-order valence-corrected chi connectivity index (χ2v) is 11.7. The van der Waals surface area contributed by atoms with Crippen LogP contribution in [0.15, 0.2) is 54.6 Å². The normalized spacial score (nSPS) is 40.5. The first-order chi connectivity index (χ1) is 16.2. The Morgan fingerprint density at radius 2 is 1.94 bits per heavy atom. The van der Waals surface area contributed by atoms with Crippen LogP contribution in [-0.2, 0) is 18.3 Å². The number of aromatic hydroxyl groups is 1. The van der Waals surface area contributed by atoms with E-state index in [9.17, 15) is 15.3 Å². The predicted octanol–water partition coefficient (Wildman–Crippen LogP) is 3.34. The van der Waals surface area contributed by atoms with Crippen molar-refractivity contribution in [2.45, 2.75) is 67.8 Å². The maximum atomic E-state index is 12.4. The monoisotopic (exact) mass is 459 g/mol. The number of phenols is 1. The molecule has 1 saturated carbocycles. The highest BCUT2D eigenvalue weighted by Gasteiger charge is 2.79. The molecule has 2 aliphatic heterocycles. The van der Waals surface area contributed by atoms with Gasteiger partial charge in [-0.15, -0.1) is 0 Å². The van der Waals surface area contributed by atoms with Gasteiger partial charge in [0.15, 0.2) is 11.5 Å². The summed E-state index contributed by atoms with van der Waals surface area (Å²) >= 11 is 0. The smallest absolute Gasteiger partial charge is 0.165 e. The molecule has 1 saturated heterocycles. The van der Waals surface area contributed by atoms with Crippen molar-refractivity contribution in [2.24, 2.45) is 11.3 Å². The van der Waals surface area contributed by atoms with Crippen LogP contribution >= 0.6 is 0 Å². The van der Waals surface area contributed by atoms with Crippen molar-refractivity contribution in [3.8, 4) is 11.5 Å². The van der Waals surface area contributed by atoms with Crippen molar-refractivity contribution in [3.05, 3.63) is 71.3 Å². The minimum absolute atomic E-state index is 0.158. The number of hydrogen-bond acceptors (Lipinski definition) is 5. The van der Waals surface area contributed by atoms with Crippen LogP contribution in [0.1, 0.15) is 42.9 Å². The van der Waals surface area contributed by atoms with E-state index < -0.39 is 17.3 Å². The molecule has 0 radical (unpaired) electrons. The summed E-state index contributed by atoms with van der Waals surface area (Å²) in [6.07, 6.45) is 7.49. The molecule has 8 rings (SSSR count). The minimum atomic E-state index is -1.30. The van der Waals surface area contributed by atoms with Gasteiger partial charge in [0.05, 0.1) is 11.0 Å². The molecule has 0 aromatic heterocycles. The summed E-state index contributed by atoms with van der Waals surface area (Å²) in [5.41, 5.74) is 0.541. The quantitative estimate of drug-likeness (QED) is 0.612. The zero-order valence-corrected chi connectivity index (χ0v) is 19.9. The number of rotatable bonds is 4. The van der Waals surface area contributed by atoms with Crippen LogP contribution in [0, 0.1) is 11.3 Å². The van der Waals surface area contributed by atoms with Crippen molar-refractivity contribution >= 4 is 0 Å². The van der Waals surface area contributed by atoms with Crippen LogP contribution in [0.25, 0.3) is 0 Å². The summed E-state index contributed by atoms with van der Waals surface area (Å²) in [6, 6.07) is 14.3. The van der Waals surface area contributed by atoms with Crippen molar-refractivity contribution in [2.75, 3.05) is 13.6 Å². The highest BCUT2D eigenvalue weighted by Crippen LogP contribution is 2.74. The van der Waals surface area contributed by atoms with Crippen LogP contribution < -0.4 is 4.74 Å². The number of nitrogens with zero attached hydrogens (tertiary/aromatic N) is 1. The van der Waals surface area contributed by atoms with Crippen LogP contribution in [0.3, 0.4) is 0 Å². The van der Waals surface area contributed by atoms with E-state index in [-0.39, 0.29) is 28.5 Å². The predicted molar refractivity (Wildman–Crippen MR) is 129 cm³/mol. The summed E-state index contributed by atoms with van der Waals surface area (Å²) in [5, 5.41) is 35.1. The number of fused-ring (bicyclic) bond motifs is 1. The Balaban J connectivity index is 1.36. The van der Waals surface area contributed by atoms with Gasteiger partial charge < -0.3 is 25.0 Å². The highest BCUT2D eigenvalue weighted by molar-refractivity contribution is 5.65. The van der Waals surface area contributed by atoms with Crippen LogP contribution in [0.2, 0.25) is 0 Å². The van der Waals surface area contributed by atoms with E-state index in [1.165, 1.54) is 11.1 Å². The first-order valence-electron chi connectivity index (χ1n) is 12.6. The van der Waals surface area contributed by atoms with E-state index >= 15 is 0 Å².